The molecule has 0 bridgehead atoms. The number of hydrogen-bond donors (Lipinski definition) is 1. The molecule has 1 aliphatic rings. The molecule has 0 aromatic heterocycles. The molecule has 1 aromatic carbocycles. The predicted molar refractivity (Wildman–Crippen MR) is 81.3 cm³/mol. The van der Waals surface area contributed by atoms with Crippen LogP contribution < -0.4 is 0 Å². The van der Waals surface area contributed by atoms with E-state index in [-0.39, 0.29) is 11.8 Å². The summed E-state index contributed by atoms with van der Waals surface area (Å²) in [6.45, 7) is 2.98. The Morgan fingerprint density at radius 3 is 2.57 bits per heavy atom. The van der Waals surface area contributed by atoms with Gasteiger partial charge in [-0.15, -0.1) is 0 Å². The van der Waals surface area contributed by atoms with Crippen LogP contribution in [-0.2, 0) is 16.0 Å². The molecule has 1 N–H and O–H groups in total. The van der Waals surface area contributed by atoms with Crippen molar-refractivity contribution in [3.8, 4) is 0 Å². The number of amides is 1. The topological polar surface area (TPSA) is 57.6 Å². The van der Waals surface area contributed by atoms with Crippen molar-refractivity contribution < 1.29 is 14.7 Å². The SMILES string of the molecule is CC1CC(C(=O)O)CN(C(=O)CCc2ccc(Cl)cc2)C1. The molecule has 0 saturated carbocycles. The molecule has 1 heterocycles. The summed E-state index contributed by atoms with van der Waals surface area (Å²) in [5, 5.41) is 9.82. The number of carbonyl (C=O) groups excluding carboxylic acids is 1. The maximum Gasteiger partial charge on any atom is 0.308 e. The van der Waals surface area contributed by atoms with Crippen LogP contribution in [0.5, 0.6) is 0 Å². The summed E-state index contributed by atoms with van der Waals surface area (Å²) in [4.78, 5) is 25.1. The lowest BCUT2D eigenvalue weighted by atomic mass is 9.90. The lowest BCUT2D eigenvalue weighted by Gasteiger charge is -2.34. The number of aryl methyl sites for hydroxylation is 1. The number of benzene rings is 1. The van der Waals surface area contributed by atoms with Gasteiger partial charge >= 0.3 is 5.97 Å². The van der Waals surface area contributed by atoms with Gasteiger partial charge in [-0.1, -0.05) is 30.7 Å². The first-order valence-electron chi connectivity index (χ1n) is 7.20. The van der Waals surface area contributed by atoms with Gasteiger partial charge in [0.1, 0.15) is 0 Å². The summed E-state index contributed by atoms with van der Waals surface area (Å²) in [5.74, 6) is -0.979. The van der Waals surface area contributed by atoms with Gasteiger partial charge in [-0.25, -0.2) is 0 Å². The Kier molecular flexibility index (Phi) is 5.23. The normalized spacial score (nSPS) is 22.1. The third kappa shape index (κ3) is 4.46. The van der Waals surface area contributed by atoms with Gasteiger partial charge in [0.25, 0.3) is 0 Å². The van der Waals surface area contributed by atoms with E-state index in [0.717, 1.165) is 5.56 Å². The van der Waals surface area contributed by atoms with Gasteiger partial charge in [-0.3, -0.25) is 9.59 Å². The second kappa shape index (κ2) is 6.94. The van der Waals surface area contributed by atoms with E-state index in [1.54, 1.807) is 4.90 Å². The molecular weight excluding hydrogens is 290 g/mol. The van der Waals surface area contributed by atoms with E-state index in [1.165, 1.54) is 0 Å². The van der Waals surface area contributed by atoms with Gasteiger partial charge in [-0.2, -0.15) is 0 Å². The largest absolute Gasteiger partial charge is 0.481 e. The van der Waals surface area contributed by atoms with E-state index in [9.17, 15) is 9.59 Å². The fourth-order valence-corrected chi connectivity index (χ4v) is 2.92. The number of hydrogen-bond acceptors (Lipinski definition) is 2. The summed E-state index contributed by atoms with van der Waals surface area (Å²) < 4.78 is 0. The molecule has 114 valence electrons. The minimum absolute atomic E-state index is 0.0303. The van der Waals surface area contributed by atoms with Gasteiger partial charge in [-0.05, 0) is 36.5 Å². The van der Waals surface area contributed by atoms with E-state index >= 15 is 0 Å². The minimum Gasteiger partial charge on any atom is -0.481 e. The number of nitrogens with zero attached hydrogens (tertiary/aromatic N) is 1. The van der Waals surface area contributed by atoms with Crippen molar-refractivity contribution in [2.24, 2.45) is 11.8 Å². The first kappa shape index (κ1) is 15.8. The predicted octanol–water partition coefficient (Wildman–Crippen LogP) is 2.84. The molecule has 0 spiro atoms. The van der Waals surface area contributed by atoms with Gasteiger partial charge in [0.2, 0.25) is 5.91 Å². The van der Waals surface area contributed by atoms with Crippen LogP contribution >= 0.6 is 11.6 Å². The number of carbonyl (C=O) groups is 2. The average molecular weight is 310 g/mol. The fraction of sp³-hybridized carbons (Fsp3) is 0.500. The van der Waals surface area contributed by atoms with Crippen molar-refractivity contribution >= 4 is 23.5 Å². The highest BCUT2D eigenvalue weighted by atomic mass is 35.5. The van der Waals surface area contributed by atoms with Crippen LogP contribution in [0.4, 0.5) is 0 Å². The monoisotopic (exact) mass is 309 g/mol. The Bertz CT molecular complexity index is 515. The molecule has 4 nitrogen and oxygen atoms in total. The molecule has 1 amide bonds. The third-order valence-corrected chi connectivity index (χ3v) is 4.15. The van der Waals surface area contributed by atoms with Crippen LogP contribution in [0.25, 0.3) is 0 Å². The highest BCUT2D eigenvalue weighted by Gasteiger charge is 2.31. The molecule has 1 aromatic rings. The van der Waals surface area contributed by atoms with Crippen molar-refractivity contribution in [1.82, 2.24) is 4.90 Å². The van der Waals surface area contributed by atoms with E-state index in [2.05, 4.69) is 0 Å². The molecule has 2 rings (SSSR count). The van der Waals surface area contributed by atoms with Crippen LogP contribution in [0.3, 0.4) is 0 Å². The zero-order valence-electron chi connectivity index (χ0n) is 12.1. The molecule has 0 aliphatic carbocycles. The van der Waals surface area contributed by atoms with E-state index in [4.69, 9.17) is 16.7 Å². The maximum atomic E-state index is 12.3. The molecule has 21 heavy (non-hydrogen) atoms. The number of rotatable bonds is 4. The number of halogens is 1. The first-order valence-corrected chi connectivity index (χ1v) is 7.58. The van der Waals surface area contributed by atoms with Gasteiger partial charge in [0, 0.05) is 24.5 Å². The van der Waals surface area contributed by atoms with Crippen molar-refractivity contribution in [2.45, 2.75) is 26.2 Å². The molecular formula is C16H20ClNO3. The van der Waals surface area contributed by atoms with Crippen molar-refractivity contribution in [1.29, 1.82) is 0 Å². The number of likely N-dealkylation sites (tertiary alicyclic amines) is 1. The zero-order chi connectivity index (χ0) is 15.4. The highest BCUT2D eigenvalue weighted by Crippen LogP contribution is 2.22. The van der Waals surface area contributed by atoms with Gasteiger partial charge in [0.15, 0.2) is 0 Å². The van der Waals surface area contributed by atoms with Crippen LogP contribution in [0.2, 0.25) is 5.02 Å². The van der Waals surface area contributed by atoms with E-state index in [1.807, 2.05) is 31.2 Å². The first-order chi connectivity index (χ1) is 9.95. The number of carboxylic acids is 1. The number of piperidine rings is 1. The lowest BCUT2D eigenvalue weighted by Crippen LogP contribution is -2.45. The van der Waals surface area contributed by atoms with Crippen molar-refractivity contribution in [2.75, 3.05) is 13.1 Å². The Morgan fingerprint density at radius 1 is 1.29 bits per heavy atom. The Hall–Kier alpha value is -1.55. The Labute approximate surface area is 129 Å². The summed E-state index contributed by atoms with van der Waals surface area (Å²) in [6.07, 6.45) is 1.70. The number of aliphatic carboxylic acids is 1. The van der Waals surface area contributed by atoms with E-state index in [0.29, 0.717) is 37.4 Å². The molecule has 2 unspecified atom stereocenters. The molecule has 1 fully saturated rings. The molecule has 1 saturated heterocycles. The van der Waals surface area contributed by atoms with Crippen LogP contribution in [0.15, 0.2) is 24.3 Å². The van der Waals surface area contributed by atoms with Gasteiger partial charge < -0.3 is 10.0 Å². The fourth-order valence-electron chi connectivity index (χ4n) is 2.79. The molecule has 0 radical (unpaired) electrons. The van der Waals surface area contributed by atoms with Gasteiger partial charge in [0.05, 0.1) is 5.92 Å². The molecule has 1 aliphatic heterocycles. The molecule has 5 heteroatoms. The zero-order valence-corrected chi connectivity index (χ0v) is 12.8. The van der Waals surface area contributed by atoms with Crippen molar-refractivity contribution in [3.63, 3.8) is 0 Å². The summed E-state index contributed by atoms with van der Waals surface area (Å²) in [6, 6.07) is 7.44. The number of carboxylic acid groups (broad SMARTS) is 1. The second-order valence-corrected chi connectivity index (χ2v) is 6.24. The summed E-state index contributed by atoms with van der Waals surface area (Å²) >= 11 is 5.83. The third-order valence-electron chi connectivity index (χ3n) is 3.90. The smallest absolute Gasteiger partial charge is 0.308 e. The molecule has 2 atom stereocenters. The lowest BCUT2D eigenvalue weighted by molar-refractivity contribution is -0.146. The average Bonchev–Trinajstić information content (AvgIpc) is 2.45. The van der Waals surface area contributed by atoms with Crippen molar-refractivity contribution in [3.05, 3.63) is 34.9 Å². The van der Waals surface area contributed by atoms with Crippen LogP contribution in [0.1, 0.15) is 25.3 Å². The Morgan fingerprint density at radius 2 is 1.95 bits per heavy atom. The Balaban J connectivity index is 1.90. The summed E-state index contributed by atoms with van der Waals surface area (Å²) in [7, 11) is 0. The van der Waals surface area contributed by atoms with Crippen LogP contribution in [0, 0.1) is 11.8 Å². The second-order valence-electron chi connectivity index (χ2n) is 5.80. The standard InChI is InChI=1S/C16H20ClNO3/c1-11-8-13(16(20)21)10-18(9-11)15(19)7-4-12-2-5-14(17)6-3-12/h2-3,5-6,11,13H,4,7-10H2,1H3,(H,20,21). The van der Waals surface area contributed by atoms with E-state index < -0.39 is 11.9 Å². The quantitative estimate of drug-likeness (QED) is 0.930. The highest BCUT2D eigenvalue weighted by molar-refractivity contribution is 6.30. The maximum absolute atomic E-state index is 12.3. The van der Waals surface area contributed by atoms with Crippen LogP contribution in [-0.4, -0.2) is 35.0 Å². The minimum atomic E-state index is -0.808. The summed E-state index contributed by atoms with van der Waals surface area (Å²) in [5.41, 5.74) is 1.06.